The molecule has 0 radical (unpaired) electrons. The monoisotopic (exact) mass is 487 g/mol. The number of nitrogens with one attached hydrogen (secondary N) is 1. The van der Waals surface area contributed by atoms with Crippen LogP contribution in [0.25, 0.3) is 0 Å². The Hall–Kier alpha value is -4.13. The van der Waals surface area contributed by atoms with Crippen LogP contribution in [0.15, 0.2) is 48.5 Å². The average molecular weight is 487 g/mol. The minimum Gasteiger partial charge on any atom is -0.484 e. The number of hydrogen-bond donors (Lipinski definition) is 5. The van der Waals surface area contributed by atoms with Crippen molar-refractivity contribution in [3.63, 3.8) is 0 Å². The van der Waals surface area contributed by atoms with Gasteiger partial charge in [-0.1, -0.05) is 24.3 Å². The number of hydrogen-bond acceptors (Lipinski definition) is 6. The molecule has 0 spiro atoms. The third kappa shape index (κ3) is 9.56. The molecule has 1 aliphatic rings. The van der Waals surface area contributed by atoms with Crippen LogP contribution in [0.3, 0.4) is 0 Å². The van der Waals surface area contributed by atoms with Crippen molar-refractivity contribution in [2.75, 3.05) is 13.1 Å². The molecule has 0 bridgehead atoms. The normalized spacial score (nSPS) is 14.5. The summed E-state index contributed by atoms with van der Waals surface area (Å²) in [5.74, 6) is -6.86. The van der Waals surface area contributed by atoms with Crippen molar-refractivity contribution in [3.05, 3.63) is 65.2 Å². The molecule has 34 heavy (non-hydrogen) atoms. The van der Waals surface area contributed by atoms with Gasteiger partial charge in [0.25, 0.3) is 0 Å². The Labute approximate surface area is 190 Å². The van der Waals surface area contributed by atoms with Gasteiger partial charge in [0.15, 0.2) is 0 Å². The Kier molecular flexibility index (Phi) is 10.5. The molecule has 0 aromatic heterocycles. The van der Waals surface area contributed by atoms with E-state index in [0.29, 0.717) is 12.3 Å². The van der Waals surface area contributed by atoms with Crippen LogP contribution in [0.4, 0.5) is 13.2 Å². The van der Waals surface area contributed by atoms with E-state index < -0.39 is 35.6 Å². The maximum Gasteiger partial charge on any atom is 0.416 e. The first-order valence-electron chi connectivity index (χ1n) is 9.37. The number of carboxylic acid groups (broad SMARTS) is 4. The first kappa shape index (κ1) is 27.9. The molecule has 0 saturated heterocycles. The van der Waals surface area contributed by atoms with Crippen molar-refractivity contribution in [2.45, 2.75) is 18.7 Å². The van der Waals surface area contributed by atoms with Crippen LogP contribution in [0, 0.1) is 0 Å². The van der Waals surface area contributed by atoms with Crippen LogP contribution in [0.5, 0.6) is 5.75 Å². The Morgan fingerprint density at radius 3 is 1.79 bits per heavy atom. The highest BCUT2D eigenvalue weighted by Gasteiger charge is 2.30. The van der Waals surface area contributed by atoms with E-state index in [4.69, 9.17) is 44.3 Å². The summed E-state index contributed by atoms with van der Waals surface area (Å²) in [6.07, 6.45) is -3.60. The summed E-state index contributed by atoms with van der Waals surface area (Å²) in [4.78, 5) is 36.4. The van der Waals surface area contributed by atoms with Crippen LogP contribution in [-0.2, 0) is 31.8 Å². The van der Waals surface area contributed by atoms with Gasteiger partial charge in [0, 0.05) is 6.54 Å². The van der Waals surface area contributed by atoms with Crippen LogP contribution in [0.1, 0.15) is 22.8 Å². The lowest BCUT2D eigenvalue weighted by Crippen LogP contribution is -2.23. The Morgan fingerprint density at radius 2 is 1.32 bits per heavy atom. The molecule has 13 heteroatoms. The molecular weight excluding hydrogens is 467 g/mol. The first-order valence-corrected chi connectivity index (χ1v) is 9.37. The van der Waals surface area contributed by atoms with Gasteiger partial charge in [0.1, 0.15) is 11.9 Å². The molecule has 3 rings (SSSR count). The van der Waals surface area contributed by atoms with Gasteiger partial charge >= 0.3 is 30.1 Å². The number of fused-ring (bicyclic) bond motifs is 1. The molecule has 2 aromatic carbocycles. The fourth-order valence-corrected chi connectivity index (χ4v) is 2.63. The summed E-state index contributed by atoms with van der Waals surface area (Å²) in [5.41, 5.74) is 1.64. The van der Waals surface area contributed by atoms with Gasteiger partial charge in [-0.25, -0.2) is 19.2 Å². The maximum atomic E-state index is 12.6. The lowest BCUT2D eigenvalue weighted by Gasteiger charge is -2.20. The molecule has 0 saturated carbocycles. The van der Waals surface area contributed by atoms with E-state index >= 15 is 0 Å². The highest BCUT2D eigenvalue weighted by atomic mass is 19.4. The zero-order valence-electron chi connectivity index (χ0n) is 17.3. The molecule has 0 amide bonds. The van der Waals surface area contributed by atoms with Crippen LogP contribution in [0.2, 0.25) is 0 Å². The van der Waals surface area contributed by atoms with Crippen molar-refractivity contribution < 1.29 is 57.5 Å². The minimum absolute atomic E-state index is 0.199. The van der Waals surface area contributed by atoms with Crippen molar-refractivity contribution in [1.82, 2.24) is 5.32 Å². The van der Waals surface area contributed by atoms with E-state index in [-0.39, 0.29) is 6.10 Å². The number of carbonyl (C=O) groups is 4. The van der Waals surface area contributed by atoms with E-state index in [2.05, 4.69) is 11.4 Å². The summed E-state index contributed by atoms with van der Waals surface area (Å²) >= 11 is 0. The number of benzene rings is 2. The van der Waals surface area contributed by atoms with E-state index in [0.717, 1.165) is 30.7 Å². The largest absolute Gasteiger partial charge is 0.484 e. The molecule has 1 heterocycles. The Morgan fingerprint density at radius 1 is 0.824 bits per heavy atom. The fraction of sp³-hybridized carbons (Fsp3) is 0.238. The fourth-order valence-electron chi connectivity index (χ4n) is 2.63. The Balaban J connectivity index is 0.000000401. The van der Waals surface area contributed by atoms with E-state index in [1.807, 2.05) is 18.2 Å². The van der Waals surface area contributed by atoms with Crippen molar-refractivity contribution >= 4 is 23.9 Å². The average Bonchev–Trinajstić information content (AvgIpc) is 2.96. The second kappa shape index (κ2) is 12.8. The number of halogens is 3. The highest BCUT2D eigenvalue weighted by molar-refractivity contribution is 6.27. The van der Waals surface area contributed by atoms with Crippen molar-refractivity contribution in [2.24, 2.45) is 0 Å². The predicted octanol–water partition coefficient (Wildman–Crippen LogP) is 2.28. The minimum atomic E-state index is -4.32. The van der Waals surface area contributed by atoms with Gasteiger partial charge < -0.3 is 30.5 Å². The zero-order valence-corrected chi connectivity index (χ0v) is 17.3. The highest BCUT2D eigenvalue weighted by Crippen LogP contribution is 2.32. The lowest BCUT2D eigenvalue weighted by atomic mass is 10.0. The molecule has 0 aliphatic carbocycles. The molecule has 184 valence electrons. The van der Waals surface area contributed by atoms with Gasteiger partial charge in [0.05, 0.1) is 5.56 Å². The molecule has 1 atom stereocenters. The van der Waals surface area contributed by atoms with Crippen molar-refractivity contribution in [3.8, 4) is 5.75 Å². The topological polar surface area (TPSA) is 170 Å². The van der Waals surface area contributed by atoms with Gasteiger partial charge in [-0.3, -0.25) is 0 Å². The van der Waals surface area contributed by atoms with E-state index in [9.17, 15) is 13.2 Å². The van der Waals surface area contributed by atoms with Crippen molar-refractivity contribution in [1.29, 1.82) is 0 Å². The SMILES string of the molecule is FC(F)(F)c1ccc(OC2CNCCc3ccccc32)cc1.O=C(O)C(=O)O.O=C(O)C(=O)O. The van der Waals surface area contributed by atoms with Gasteiger partial charge in [0.2, 0.25) is 0 Å². The van der Waals surface area contributed by atoms with E-state index in [1.54, 1.807) is 0 Å². The third-order valence-corrected chi connectivity index (χ3v) is 4.13. The quantitative estimate of drug-likeness (QED) is 0.396. The number of alkyl halides is 3. The standard InChI is InChI=1S/C17H16F3NO.2C2H2O4/c18-17(19,20)13-5-7-14(8-6-13)22-16-11-21-10-9-12-3-1-2-4-15(12)16;2*3-1(4)2(5)6/h1-8,16,21H,9-11H2;2*(H,3,4)(H,5,6). The Bertz CT molecular complexity index is 959. The molecule has 1 aliphatic heterocycles. The smallest absolute Gasteiger partial charge is 0.416 e. The van der Waals surface area contributed by atoms with Crippen LogP contribution < -0.4 is 10.1 Å². The van der Waals surface area contributed by atoms with Gasteiger partial charge in [-0.15, -0.1) is 0 Å². The third-order valence-electron chi connectivity index (χ3n) is 4.13. The van der Waals surface area contributed by atoms with Crippen LogP contribution >= 0.6 is 0 Å². The second-order valence-corrected chi connectivity index (χ2v) is 6.50. The predicted molar refractivity (Wildman–Crippen MR) is 108 cm³/mol. The maximum absolute atomic E-state index is 12.6. The van der Waals surface area contributed by atoms with Gasteiger partial charge in [-0.05, 0) is 48.4 Å². The van der Waals surface area contributed by atoms with E-state index in [1.165, 1.54) is 17.7 Å². The number of carboxylic acids is 4. The second-order valence-electron chi connectivity index (χ2n) is 6.50. The van der Waals surface area contributed by atoms with Gasteiger partial charge in [-0.2, -0.15) is 13.2 Å². The lowest BCUT2D eigenvalue weighted by molar-refractivity contribution is -0.159. The molecule has 5 N–H and O–H groups in total. The molecule has 10 nitrogen and oxygen atoms in total. The summed E-state index contributed by atoms with van der Waals surface area (Å²) in [6.45, 7) is 1.50. The molecular formula is C21H20F3NO9. The molecule has 2 aromatic rings. The molecule has 0 fully saturated rings. The number of rotatable bonds is 2. The first-order chi connectivity index (χ1) is 15.8. The summed E-state index contributed by atoms with van der Waals surface area (Å²) in [7, 11) is 0. The van der Waals surface area contributed by atoms with Crippen LogP contribution in [-0.4, -0.2) is 57.4 Å². The number of ether oxygens (including phenoxy) is 1. The summed E-state index contributed by atoms with van der Waals surface area (Å²) in [6, 6.07) is 12.8. The number of aliphatic carboxylic acids is 4. The summed E-state index contributed by atoms with van der Waals surface area (Å²) in [5, 5.41) is 32.9. The zero-order chi connectivity index (χ0) is 25.9. The molecule has 1 unspecified atom stereocenters. The summed E-state index contributed by atoms with van der Waals surface area (Å²) < 4.78 is 43.6.